The average Bonchev–Trinajstić information content (AvgIpc) is 2.33. The molecule has 0 bridgehead atoms. The van der Waals surface area contributed by atoms with E-state index in [1.807, 2.05) is 0 Å². The van der Waals surface area contributed by atoms with Crippen LogP contribution in [0.2, 0.25) is 0 Å². The summed E-state index contributed by atoms with van der Waals surface area (Å²) in [6, 6.07) is 0. The predicted octanol–water partition coefficient (Wildman–Crippen LogP) is 1.67. The van der Waals surface area contributed by atoms with Gasteiger partial charge in [-0.3, -0.25) is 0 Å². The number of hydrogen-bond acceptors (Lipinski definition) is 2. The lowest BCUT2D eigenvalue weighted by Crippen LogP contribution is -2.40. The van der Waals surface area contributed by atoms with Gasteiger partial charge in [0.2, 0.25) is 0 Å². The van der Waals surface area contributed by atoms with Crippen LogP contribution in [-0.2, 0) is 0 Å². The molecule has 0 aromatic rings. The van der Waals surface area contributed by atoms with Crippen LogP contribution in [0.1, 0.15) is 25.7 Å². The number of likely N-dealkylation sites (tertiary alicyclic amines) is 2. The highest BCUT2D eigenvalue weighted by Gasteiger charge is 2.22. The summed E-state index contributed by atoms with van der Waals surface area (Å²) in [6.45, 7) is 6.32. The van der Waals surface area contributed by atoms with E-state index in [1.54, 1.807) is 0 Å². The van der Waals surface area contributed by atoms with Gasteiger partial charge in [0, 0.05) is 12.5 Å². The Morgan fingerprint density at radius 1 is 1.06 bits per heavy atom. The normalized spacial score (nSPS) is 26.8. The smallest absolute Gasteiger partial charge is 0.0224 e. The van der Waals surface area contributed by atoms with Crippen LogP contribution in [0.4, 0.5) is 0 Å². The predicted molar refractivity (Wildman–Crippen MR) is 68.2 cm³/mol. The fourth-order valence-corrected chi connectivity index (χ4v) is 2.89. The Labute approximate surface area is 100.0 Å². The van der Waals surface area contributed by atoms with E-state index in [-0.39, 0.29) is 0 Å². The molecule has 0 radical (unpaired) electrons. The highest BCUT2D eigenvalue weighted by Crippen LogP contribution is 2.21. The van der Waals surface area contributed by atoms with Gasteiger partial charge in [0.25, 0.3) is 0 Å². The molecule has 2 heteroatoms. The molecular weight excluding hydrogens is 196 g/mol. The summed E-state index contributed by atoms with van der Waals surface area (Å²) in [5, 5.41) is 0. The standard InChI is InChI=1S/C14H24N2/c1-3-13-6-10-16(11-7-13)12-14-4-8-15(2)9-5-14/h1,13-14H,4-12H2,2H3. The second-order valence-electron chi connectivity index (χ2n) is 5.49. The lowest BCUT2D eigenvalue weighted by Gasteiger charge is -2.35. The van der Waals surface area contributed by atoms with E-state index in [1.165, 1.54) is 58.4 Å². The molecule has 0 saturated carbocycles. The van der Waals surface area contributed by atoms with Gasteiger partial charge in [-0.2, -0.15) is 0 Å². The summed E-state index contributed by atoms with van der Waals surface area (Å²) in [7, 11) is 2.23. The average molecular weight is 220 g/mol. The number of nitrogens with zero attached hydrogens (tertiary/aromatic N) is 2. The Hall–Kier alpha value is -0.520. The van der Waals surface area contributed by atoms with E-state index in [0.717, 1.165) is 5.92 Å². The minimum Gasteiger partial charge on any atom is -0.306 e. The van der Waals surface area contributed by atoms with Crippen molar-refractivity contribution in [2.24, 2.45) is 11.8 Å². The van der Waals surface area contributed by atoms with Crippen LogP contribution in [0.25, 0.3) is 0 Å². The molecule has 0 aromatic carbocycles. The molecule has 2 rings (SSSR count). The van der Waals surface area contributed by atoms with E-state index in [0.29, 0.717) is 5.92 Å². The minimum absolute atomic E-state index is 0.550. The van der Waals surface area contributed by atoms with E-state index in [4.69, 9.17) is 6.42 Å². The van der Waals surface area contributed by atoms with E-state index in [2.05, 4.69) is 22.8 Å². The summed E-state index contributed by atoms with van der Waals surface area (Å²) in [5.41, 5.74) is 0. The molecule has 0 aliphatic carbocycles. The largest absolute Gasteiger partial charge is 0.306 e. The van der Waals surface area contributed by atoms with Crippen LogP contribution >= 0.6 is 0 Å². The molecule has 2 saturated heterocycles. The maximum Gasteiger partial charge on any atom is 0.0224 e. The van der Waals surface area contributed by atoms with Crippen molar-refractivity contribution in [3.63, 3.8) is 0 Å². The zero-order valence-electron chi connectivity index (χ0n) is 10.5. The Balaban J connectivity index is 1.69. The highest BCUT2D eigenvalue weighted by atomic mass is 15.1. The zero-order valence-corrected chi connectivity index (χ0v) is 10.5. The number of piperidine rings is 2. The molecule has 0 atom stereocenters. The second-order valence-corrected chi connectivity index (χ2v) is 5.49. The molecule has 2 aliphatic rings. The molecule has 0 unspecified atom stereocenters. The molecule has 0 aromatic heterocycles. The number of rotatable bonds is 2. The Bertz CT molecular complexity index is 240. The first kappa shape index (κ1) is 12.0. The molecule has 2 heterocycles. The molecule has 16 heavy (non-hydrogen) atoms. The molecular formula is C14H24N2. The summed E-state index contributed by atoms with van der Waals surface area (Å²) in [6.07, 6.45) is 10.7. The lowest BCUT2D eigenvalue weighted by molar-refractivity contribution is 0.136. The van der Waals surface area contributed by atoms with Crippen molar-refractivity contribution in [1.82, 2.24) is 9.80 Å². The van der Waals surface area contributed by atoms with Crippen molar-refractivity contribution < 1.29 is 0 Å². The van der Waals surface area contributed by atoms with Crippen LogP contribution in [0.5, 0.6) is 0 Å². The number of hydrogen-bond donors (Lipinski definition) is 0. The van der Waals surface area contributed by atoms with Crippen LogP contribution in [0, 0.1) is 24.2 Å². The van der Waals surface area contributed by atoms with Crippen LogP contribution in [0.15, 0.2) is 0 Å². The van der Waals surface area contributed by atoms with Crippen molar-refractivity contribution in [3.05, 3.63) is 0 Å². The topological polar surface area (TPSA) is 6.48 Å². The van der Waals surface area contributed by atoms with Crippen molar-refractivity contribution in [2.75, 3.05) is 39.8 Å². The van der Waals surface area contributed by atoms with E-state index < -0.39 is 0 Å². The first-order valence-electron chi connectivity index (χ1n) is 6.65. The quantitative estimate of drug-likeness (QED) is 0.653. The van der Waals surface area contributed by atoms with Gasteiger partial charge in [-0.15, -0.1) is 12.3 Å². The third-order valence-electron chi connectivity index (χ3n) is 4.18. The van der Waals surface area contributed by atoms with Gasteiger partial charge < -0.3 is 9.80 Å². The monoisotopic (exact) mass is 220 g/mol. The van der Waals surface area contributed by atoms with Crippen molar-refractivity contribution in [3.8, 4) is 12.3 Å². The Kier molecular flexibility index (Phi) is 4.26. The fraction of sp³-hybridized carbons (Fsp3) is 0.857. The van der Waals surface area contributed by atoms with Gasteiger partial charge in [0.15, 0.2) is 0 Å². The highest BCUT2D eigenvalue weighted by molar-refractivity contribution is 4.95. The van der Waals surface area contributed by atoms with E-state index >= 15 is 0 Å². The molecule has 2 fully saturated rings. The molecule has 2 nitrogen and oxygen atoms in total. The van der Waals surface area contributed by atoms with Crippen LogP contribution in [-0.4, -0.2) is 49.6 Å². The number of terminal acetylenes is 1. The molecule has 0 N–H and O–H groups in total. The first-order chi connectivity index (χ1) is 7.78. The summed E-state index contributed by atoms with van der Waals surface area (Å²) in [5.74, 6) is 4.38. The maximum absolute atomic E-state index is 5.47. The molecule has 90 valence electrons. The Morgan fingerprint density at radius 3 is 2.25 bits per heavy atom. The van der Waals surface area contributed by atoms with Crippen molar-refractivity contribution in [2.45, 2.75) is 25.7 Å². The third kappa shape index (κ3) is 3.23. The fourth-order valence-electron chi connectivity index (χ4n) is 2.89. The van der Waals surface area contributed by atoms with Crippen molar-refractivity contribution in [1.29, 1.82) is 0 Å². The van der Waals surface area contributed by atoms with Gasteiger partial charge in [-0.25, -0.2) is 0 Å². The van der Waals surface area contributed by atoms with E-state index in [9.17, 15) is 0 Å². The molecule has 2 aliphatic heterocycles. The van der Waals surface area contributed by atoms with Crippen molar-refractivity contribution >= 4 is 0 Å². The Morgan fingerprint density at radius 2 is 1.69 bits per heavy atom. The SMILES string of the molecule is C#CC1CCN(CC2CCN(C)CC2)CC1. The molecule has 0 spiro atoms. The zero-order chi connectivity index (χ0) is 11.4. The van der Waals surface area contributed by atoms with Gasteiger partial charge >= 0.3 is 0 Å². The molecule has 0 amide bonds. The van der Waals surface area contributed by atoms with Gasteiger partial charge in [-0.1, -0.05) is 0 Å². The van der Waals surface area contributed by atoms with Crippen LogP contribution < -0.4 is 0 Å². The first-order valence-corrected chi connectivity index (χ1v) is 6.65. The summed E-state index contributed by atoms with van der Waals surface area (Å²) in [4.78, 5) is 5.07. The second kappa shape index (κ2) is 5.70. The third-order valence-corrected chi connectivity index (χ3v) is 4.18. The van der Waals surface area contributed by atoms with Crippen LogP contribution in [0.3, 0.4) is 0 Å². The minimum atomic E-state index is 0.550. The lowest BCUT2D eigenvalue weighted by atomic mass is 9.93. The van der Waals surface area contributed by atoms with Gasteiger partial charge in [0.1, 0.15) is 0 Å². The van der Waals surface area contributed by atoms with Gasteiger partial charge in [-0.05, 0) is 64.8 Å². The summed E-state index contributed by atoms with van der Waals surface area (Å²) >= 11 is 0. The van der Waals surface area contributed by atoms with Gasteiger partial charge in [0.05, 0.1) is 0 Å². The summed E-state index contributed by atoms with van der Waals surface area (Å²) < 4.78 is 0. The maximum atomic E-state index is 5.47.